The quantitative estimate of drug-likeness (QED) is 0.0243. The van der Waals surface area contributed by atoms with Crippen molar-refractivity contribution in [1.29, 1.82) is 0 Å². The van der Waals surface area contributed by atoms with Crippen LogP contribution in [0.5, 0.6) is 0 Å². The number of allylic oxidation sites excluding steroid dienone is 16. The molecule has 0 saturated heterocycles. The van der Waals surface area contributed by atoms with Gasteiger partial charge in [0.15, 0.2) is 0 Å². The van der Waals surface area contributed by atoms with Gasteiger partial charge in [0.25, 0.3) is 0 Å². The number of hydrogen-bond acceptors (Lipinski definition) is 5. The molecule has 0 radical (unpaired) electrons. The summed E-state index contributed by atoms with van der Waals surface area (Å²) in [6.07, 6.45) is 70.2. The molecule has 0 aromatic heterocycles. The minimum Gasteiger partial charge on any atom is -0.391 e. The highest BCUT2D eigenvalue weighted by Crippen LogP contribution is 2.43. The molecule has 8 nitrogen and oxygen atoms in total. The van der Waals surface area contributed by atoms with Crippen LogP contribution in [0.4, 0.5) is 0 Å². The second-order valence-corrected chi connectivity index (χ2v) is 21.0. The fraction of sp³-hybridized carbons (Fsp3) is 0.712. The van der Waals surface area contributed by atoms with Gasteiger partial charge in [-0.1, -0.05) is 233 Å². The normalized spacial score (nSPS) is 14.8. The van der Waals surface area contributed by atoms with E-state index in [2.05, 4.69) is 116 Å². The second-order valence-electron chi connectivity index (χ2n) is 19.6. The van der Waals surface area contributed by atoms with Crippen molar-refractivity contribution in [2.24, 2.45) is 0 Å². The summed E-state index contributed by atoms with van der Waals surface area (Å²) in [5.41, 5.74) is 0. The number of quaternary nitrogens is 1. The minimum absolute atomic E-state index is 0.0642. The van der Waals surface area contributed by atoms with Gasteiger partial charge in [0, 0.05) is 6.42 Å². The average Bonchev–Trinajstić information content (AvgIpc) is 3.30. The van der Waals surface area contributed by atoms with Crippen molar-refractivity contribution in [2.75, 3.05) is 40.9 Å². The van der Waals surface area contributed by atoms with Gasteiger partial charge in [-0.15, -0.1) is 0 Å². The topological polar surface area (TPSA) is 105 Å². The number of nitrogens with one attached hydrogen (secondary N) is 1. The summed E-state index contributed by atoms with van der Waals surface area (Å²) in [6, 6.07) is -0.782. The summed E-state index contributed by atoms with van der Waals surface area (Å²) in [7, 11) is 1.58. The van der Waals surface area contributed by atoms with Crippen LogP contribution in [0.3, 0.4) is 0 Å². The van der Waals surface area contributed by atoms with Gasteiger partial charge in [-0.25, -0.2) is 4.57 Å². The lowest BCUT2D eigenvalue weighted by Crippen LogP contribution is -2.46. The third-order valence-electron chi connectivity index (χ3n) is 11.8. The van der Waals surface area contributed by atoms with Gasteiger partial charge in [0.2, 0.25) is 5.91 Å². The Morgan fingerprint density at radius 3 is 1.29 bits per heavy atom. The van der Waals surface area contributed by atoms with E-state index in [4.69, 9.17) is 9.05 Å². The molecule has 0 aliphatic carbocycles. The lowest BCUT2D eigenvalue weighted by Gasteiger charge is -2.26. The number of unbranched alkanes of at least 4 members (excludes halogenated alkanes) is 20. The zero-order chi connectivity index (χ0) is 49.9. The summed E-state index contributed by atoms with van der Waals surface area (Å²) in [4.78, 5) is 23.3. The molecule has 0 saturated carbocycles. The van der Waals surface area contributed by atoms with Crippen LogP contribution in [-0.4, -0.2) is 73.4 Å². The van der Waals surface area contributed by atoms with Gasteiger partial charge in [0.05, 0.1) is 39.9 Å². The van der Waals surface area contributed by atoms with E-state index in [9.17, 15) is 19.4 Å². The Hall–Kier alpha value is -2.58. The number of rotatable bonds is 49. The first kappa shape index (κ1) is 65.4. The summed E-state index contributed by atoms with van der Waals surface area (Å²) in [6.45, 7) is 4.75. The van der Waals surface area contributed by atoms with Crippen molar-refractivity contribution < 1.29 is 32.9 Å². The first-order chi connectivity index (χ1) is 33.0. The van der Waals surface area contributed by atoms with E-state index in [-0.39, 0.29) is 19.1 Å². The number of amides is 1. The smallest absolute Gasteiger partial charge is 0.391 e. The van der Waals surface area contributed by atoms with Crippen LogP contribution >= 0.6 is 7.82 Å². The number of aliphatic hydroxyl groups is 1. The Kier molecular flexibility index (Phi) is 47.5. The zero-order valence-electron chi connectivity index (χ0n) is 44.6. The fourth-order valence-electron chi connectivity index (χ4n) is 7.53. The number of hydrogen-bond donors (Lipinski definition) is 3. The van der Waals surface area contributed by atoms with E-state index in [1.165, 1.54) is 89.9 Å². The van der Waals surface area contributed by atoms with Gasteiger partial charge in [-0.3, -0.25) is 13.8 Å². The number of aliphatic hydroxyl groups excluding tert-OH is 1. The maximum absolute atomic E-state index is 13.0. The van der Waals surface area contributed by atoms with Crippen LogP contribution in [0.2, 0.25) is 0 Å². The van der Waals surface area contributed by atoms with Crippen molar-refractivity contribution in [3.05, 3.63) is 97.2 Å². The third-order valence-corrected chi connectivity index (χ3v) is 12.8. The minimum atomic E-state index is -4.34. The summed E-state index contributed by atoms with van der Waals surface area (Å²) < 4.78 is 23.7. The van der Waals surface area contributed by atoms with E-state index in [0.717, 1.165) is 103 Å². The number of phosphoric acid groups is 1. The first-order valence-corrected chi connectivity index (χ1v) is 29.1. The summed E-state index contributed by atoms with van der Waals surface area (Å²) >= 11 is 0. The number of nitrogens with zero attached hydrogens (tertiary/aromatic N) is 1. The predicted octanol–water partition coefficient (Wildman–Crippen LogP) is 16.6. The Morgan fingerprint density at radius 1 is 0.515 bits per heavy atom. The maximum Gasteiger partial charge on any atom is 0.472 e. The molecule has 9 heteroatoms. The van der Waals surface area contributed by atoms with Gasteiger partial charge in [-0.05, 0) is 77.0 Å². The molecule has 0 rings (SSSR count). The van der Waals surface area contributed by atoms with E-state index in [0.29, 0.717) is 23.9 Å². The molecule has 0 bridgehead atoms. The van der Waals surface area contributed by atoms with Gasteiger partial charge in [-0.2, -0.15) is 0 Å². The van der Waals surface area contributed by atoms with Gasteiger partial charge >= 0.3 is 7.82 Å². The number of carbonyl (C=O) groups excluding carboxylic acids is 1. The lowest BCUT2D eigenvalue weighted by atomic mass is 10.0. The highest BCUT2D eigenvalue weighted by molar-refractivity contribution is 7.47. The largest absolute Gasteiger partial charge is 0.472 e. The molecule has 0 heterocycles. The van der Waals surface area contributed by atoms with Crippen molar-refractivity contribution in [3.8, 4) is 0 Å². The number of likely N-dealkylation sites (N-methyl/N-ethyl adjacent to an activating group) is 1. The molecule has 3 unspecified atom stereocenters. The summed E-state index contributed by atoms with van der Waals surface area (Å²) in [5.74, 6) is -0.172. The Bertz CT molecular complexity index is 1420. The van der Waals surface area contributed by atoms with Gasteiger partial charge in [0.1, 0.15) is 13.2 Å². The molecular formula is C59H106N2O6P+. The molecule has 0 aromatic carbocycles. The van der Waals surface area contributed by atoms with Crippen molar-refractivity contribution >= 4 is 13.7 Å². The molecular weight excluding hydrogens is 864 g/mol. The maximum atomic E-state index is 13.0. The molecule has 0 spiro atoms. The predicted molar refractivity (Wildman–Crippen MR) is 295 cm³/mol. The molecule has 0 fully saturated rings. The fourth-order valence-corrected chi connectivity index (χ4v) is 8.27. The molecule has 0 aliphatic heterocycles. The molecule has 1 amide bonds. The Labute approximate surface area is 419 Å². The monoisotopic (exact) mass is 970 g/mol. The standard InChI is InChI=1S/C59H105N2O6P/c1-6-8-10-12-14-16-18-20-22-24-25-26-27-28-29-30-31-32-33-34-35-37-39-41-43-45-47-49-51-53-59(63)60-57(56-67-68(64,65)66-55-54-61(3,4)5)58(62)52-50-48-46-44-42-40-38-36-23-21-19-17-15-13-11-9-7-2/h8,10,14,16,20,22,25-26,28-29,31-32,34-35,39,41,57-58,62H,6-7,9,11-13,15,17-19,21,23-24,27,30,33,36-38,40,42-56H2,1-5H3,(H-,60,63,64,65)/p+1/b10-8-,16-14-,22-20-,26-25-,29-28-,32-31-,35-34-,41-39-. The van der Waals surface area contributed by atoms with Crippen LogP contribution in [0.25, 0.3) is 0 Å². The van der Waals surface area contributed by atoms with Crippen molar-refractivity contribution in [3.63, 3.8) is 0 Å². The van der Waals surface area contributed by atoms with Crippen LogP contribution in [-0.2, 0) is 18.4 Å². The molecule has 0 aromatic rings. The van der Waals surface area contributed by atoms with E-state index in [1.807, 2.05) is 21.1 Å². The van der Waals surface area contributed by atoms with E-state index < -0.39 is 20.0 Å². The van der Waals surface area contributed by atoms with Crippen LogP contribution in [0, 0.1) is 0 Å². The molecule has 392 valence electrons. The van der Waals surface area contributed by atoms with E-state index in [1.54, 1.807) is 0 Å². The lowest BCUT2D eigenvalue weighted by molar-refractivity contribution is -0.870. The second kappa shape index (κ2) is 49.4. The van der Waals surface area contributed by atoms with Crippen molar-refractivity contribution in [1.82, 2.24) is 5.32 Å². The number of phosphoric ester groups is 1. The first-order valence-electron chi connectivity index (χ1n) is 27.6. The SMILES string of the molecule is CC/C=C\C/C=C\C/C=C\C/C=C\C/C=C\C/C=C\C/C=C\C/C=C\CCCCCCC(=O)NC(COP(=O)(O)OCC[N+](C)(C)C)C(O)CCCCCCCCCCCCCCCCCCC. The van der Waals surface area contributed by atoms with Crippen LogP contribution in [0.15, 0.2) is 97.2 Å². The molecule has 3 atom stereocenters. The van der Waals surface area contributed by atoms with Crippen molar-refractivity contribution in [2.45, 2.75) is 231 Å². The number of carbonyl (C=O) groups is 1. The Balaban J connectivity index is 4.30. The zero-order valence-corrected chi connectivity index (χ0v) is 45.5. The molecule has 3 N–H and O–H groups in total. The third kappa shape index (κ3) is 51.3. The van der Waals surface area contributed by atoms with Gasteiger partial charge < -0.3 is 19.8 Å². The summed E-state index contributed by atoms with van der Waals surface area (Å²) in [5, 5.41) is 14.0. The van der Waals surface area contributed by atoms with E-state index >= 15 is 0 Å². The highest BCUT2D eigenvalue weighted by Gasteiger charge is 2.28. The average molecular weight is 970 g/mol. The Morgan fingerprint density at radius 2 is 0.882 bits per heavy atom. The molecule has 0 aliphatic rings. The molecule has 68 heavy (non-hydrogen) atoms. The van der Waals surface area contributed by atoms with Crippen LogP contribution < -0.4 is 5.32 Å². The van der Waals surface area contributed by atoms with Crippen LogP contribution in [0.1, 0.15) is 219 Å². The highest BCUT2D eigenvalue weighted by atomic mass is 31.2.